The highest BCUT2D eigenvalue weighted by molar-refractivity contribution is 7.89. The van der Waals surface area contributed by atoms with Crippen LogP contribution in [0.3, 0.4) is 0 Å². The van der Waals surface area contributed by atoms with E-state index in [1.54, 1.807) is 0 Å². The number of nitrogens with zero attached hydrogens (tertiary/aromatic N) is 1. The molecular formula is C12H17ClF2N2O2S. The zero-order chi connectivity index (χ0) is 14.0. The van der Waals surface area contributed by atoms with Gasteiger partial charge in [-0.25, -0.2) is 17.2 Å². The van der Waals surface area contributed by atoms with Gasteiger partial charge in [-0.2, -0.15) is 4.31 Å². The van der Waals surface area contributed by atoms with E-state index in [4.69, 9.17) is 5.73 Å². The van der Waals surface area contributed by atoms with Crippen molar-refractivity contribution in [3.05, 3.63) is 29.8 Å². The fourth-order valence-corrected chi connectivity index (χ4v) is 4.09. The summed E-state index contributed by atoms with van der Waals surface area (Å²) in [5.74, 6) is -1.87. The average molecular weight is 327 g/mol. The van der Waals surface area contributed by atoms with E-state index in [9.17, 15) is 17.2 Å². The molecule has 1 aliphatic heterocycles. The Morgan fingerprint density at radius 3 is 2.60 bits per heavy atom. The van der Waals surface area contributed by atoms with Gasteiger partial charge < -0.3 is 5.73 Å². The van der Waals surface area contributed by atoms with Crippen molar-refractivity contribution < 1.29 is 17.2 Å². The van der Waals surface area contributed by atoms with Gasteiger partial charge in [0.15, 0.2) is 0 Å². The van der Waals surface area contributed by atoms with Crippen LogP contribution in [0.25, 0.3) is 0 Å². The van der Waals surface area contributed by atoms with Crippen LogP contribution in [0.4, 0.5) is 8.78 Å². The minimum Gasteiger partial charge on any atom is -0.329 e. The van der Waals surface area contributed by atoms with Gasteiger partial charge in [0.25, 0.3) is 0 Å². The second-order valence-corrected chi connectivity index (χ2v) is 6.43. The van der Waals surface area contributed by atoms with Crippen molar-refractivity contribution in [2.45, 2.75) is 30.2 Å². The number of sulfonamides is 1. The number of halogens is 3. The van der Waals surface area contributed by atoms with Gasteiger partial charge in [0.05, 0.1) is 0 Å². The van der Waals surface area contributed by atoms with Gasteiger partial charge in [-0.05, 0) is 25.0 Å². The lowest BCUT2D eigenvalue weighted by Crippen LogP contribution is -2.47. The molecule has 114 valence electrons. The first-order chi connectivity index (χ1) is 8.96. The summed E-state index contributed by atoms with van der Waals surface area (Å²) in [5, 5.41) is 0. The fraction of sp³-hybridized carbons (Fsp3) is 0.500. The number of benzene rings is 1. The van der Waals surface area contributed by atoms with Crippen LogP contribution in [-0.4, -0.2) is 31.9 Å². The Balaban J connectivity index is 0.00000200. The van der Waals surface area contributed by atoms with E-state index in [0.717, 1.165) is 25.0 Å². The predicted octanol–water partition coefficient (Wildman–Crippen LogP) is 1.89. The zero-order valence-corrected chi connectivity index (χ0v) is 12.4. The van der Waals surface area contributed by atoms with E-state index in [-0.39, 0.29) is 25.0 Å². The largest absolute Gasteiger partial charge is 0.329 e. The molecule has 0 saturated carbocycles. The molecule has 0 bridgehead atoms. The number of piperidine rings is 1. The highest BCUT2D eigenvalue weighted by Gasteiger charge is 2.34. The van der Waals surface area contributed by atoms with Gasteiger partial charge in [-0.1, -0.05) is 6.42 Å². The summed E-state index contributed by atoms with van der Waals surface area (Å²) < 4.78 is 52.5. The second kappa shape index (κ2) is 6.80. The Labute approximate surface area is 123 Å². The molecule has 1 unspecified atom stereocenters. The summed E-state index contributed by atoms with van der Waals surface area (Å²) in [4.78, 5) is -0.491. The molecule has 1 saturated heterocycles. The molecule has 1 aromatic carbocycles. The van der Waals surface area contributed by atoms with Crippen molar-refractivity contribution in [2.75, 3.05) is 13.1 Å². The van der Waals surface area contributed by atoms with Crippen LogP contribution in [-0.2, 0) is 10.0 Å². The number of rotatable bonds is 3. The fourth-order valence-electron chi connectivity index (χ4n) is 2.34. The van der Waals surface area contributed by atoms with Gasteiger partial charge in [0.2, 0.25) is 10.0 Å². The first-order valence-corrected chi connectivity index (χ1v) is 7.58. The average Bonchev–Trinajstić information content (AvgIpc) is 2.38. The molecule has 8 heteroatoms. The third-order valence-electron chi connectivity index (χ3n) is 3.33. The lowest BCUT2D eigenvalue weighted by Gasteiger charge is -2.33. The molecule has 1 heterocycles. The zero-order valence-electron chi connectivity index (χ0n) is 10.8. The summed E-state index contributed by atoms with van der Waals surface area (Å²) in [6.45, 7) is 0.517. The highest BCUT2D eigenvalue weighted by Crippen LogP contribution is 2.26. The van der Waals surface area contributed by atoms with Crippen molar-refractivity contribution in [3.63, 3.8) is 0 Å². The molecule has 0 radical (unpaired) electrons. The van der Waals surface area contributed by atoms with Crippen LogP contribution in [0.15, 0.2) is 23.1 Å². The summed E-state index contributed by atoms with van der Waals surface area (Å²) in [6, 6.07) is 2.16. The lowest BCUT2D eigenvalue weighted by atomic mass is 10.1. The maximum Gasteiger partial charge on any atom is 0.246 e. The minimum atomic E-state index is -3.96. The quantitative estimate of drug-likeness (QED) is 0.922. The Hall–Kier alpha value is -0.760. The van der Waals surface area contributed by atoms with Crippen molar-refractivity contribution in [1.82, 2.24) is 4.31 Å². The van der Waals surface area contributed by atoms with E-state index in [1.165, 1.54) is 4.31 Å². The molecule has 4 nitrogen and oxygen atoms in total. The molecule has 0 aromatic heterocycles. The van der Waals surface area contributed by atoms with E-state index < -0.39 is 26.6 Å². The van der Waals surface area contributed by atoms with E-state index >= 15 is 0 Å². The molecule has 0 amide bonds. The summed E-state index contributed by atoms with van der Waals surface area (Å²) in [5.41, 5.74) is 5.57. The van der Waals surface area contributed by atoms with E-state index in [2.05, 4.69) is 0 Å². The first-order valence-electron chi connectivity index (χ1n) is 6.14. The molecule has 2 N–H and O–H groups in total. The first kappa shape index (κ1) is 17.3. The standard InChI is InChI=1S/C12H16F2N2O2S.ClH/c13-9-4-5-12(11(14)7-9)19(17,18)16-6-2-1-3-10(16)8-15;/h4-5,7,10H,1-3,6,8,15H2;1H. The van der Waals surface area contributed by atoms with E-state index in [0.29, 0.717) is 19.0 Å². The maximum absolute atomic E-state index is 13.7. The third-order valence-corrected chi connectivity index (χ3v) is 5.31. The van der Waals surface area contributed by atoms with Gasteiger partial charge >= 0.3 is 0 Å². The number of hydrogen-bond acceptors (Lipinski definition) is 3. The number of hydrogen-bond donors (Lipinski definition) is 1. The Morgan fingerprint density at radius 2 is 2.00 bits per heavy atom. The Morgan fingerprint density at radius 1 is 1.30 bits per heavy atom. The molecule has 2 rings (SSSR count). The van der Waals surface area contributed by atoms with Crippen molar-refractivity contribution in [3.8, 4) is 0 Å². The molecule has 1 fully saturated rings. The molecule has 1 aromatic rings. The third kappa shape index (κ3) is 3.28. The van der Waals surface area contributed by atoms with Crippen LogP contribution in [0.2, 0.25) is 0 Å². The Bertz CT molecular complexity index is 569. The van der Waals surface area contributed by atoms with Crippen LogP contribution < -0.4 is 5.73 Å². The molecule has 0 aliphatic carbocycles. The molecule has 1 atom stereocenters. The Kier molecular flexibility index (Phi) is 5.88. The van der Waals surface area contributed by atoms with Gasteiger partial charge in [0, 0.05) is 25.2 Å². The van der Waals surface area contributed by atoms with Gasteiger partial charge in [-0.15, -0.1) is 12.4 Å². The van der Waals surface area contributed by atoms with Crippen LogP contribution >= 0.6 is 12.4 Å². The van der Waals surface area contributed by atoms with E-state index in [1.807, 2.05) is 0 Å². The second-order valence-electron chi connectivity index (χ2n) is 4.58. The smallest absolute Gasteiger partial charge is 0.246 e. The highest BCUT2D eigenvalue weighted by atomic mass is 35.5. The minimum absolute atomic E-state index is 0. The predicted molar refractivity (Wildman–Crippen MR) is 74.2 cm³/mol. The molecule has 20 heavy (non-hydrogen) atoms. The number of nitrogens with two attached hydrogens (primary N) is 1. The van der Waals surface area contributed by atoms with Crippen LogP contribution in [0.5, 0.6) is 0 Å². The van der Waals surface area contributed by atoms with Crippen LogP contribution in [0.1, 0.15) is 19.3 Å². The molecule has 0 spiro atoms. The summed E-state index contributed by atoms with van der Waals surface area (Å²) in [7, 11) is -3.96. The molecular weight excluding hydrogens is 310 g/mol. The normalized spacial score (nSPS) is 20.4. The topological polar surface area (TPSA) is 63.4 Å². The maximum atomic E-state index is 13.7. The lowest BCUT2D eigenvalue weighted by molar-refractivity contribution is 0.257. The van der Waals surface area contributed by atoms with Crippen molar-refractivity contribution in [1.29, 1.82) is 0 Å². The van der Waals surface area contributed by atoms with Crippen LogP contribution in [0, 0.1) is 11.6 Å². The summed E-state index contributed by atoms with van der Waals surface area (Å²) in [6.07, 6.45) is 2.29. The van der Waals surface area contributed by atoms with Gasteiger partial charge in [-0.3, -0.25) is 0 Å². The monoisotopic (exact) mass is 326 g/mol. The molecule has 1 aliphatic rings. The SMILES string of the molecule is Cl.NCC1CCCCN1S(=O)(=O)c1ccc(F)cc1F. The van der Waals surface area contributed by atoms with Crippen molar-refractivity contribution in [2.24, 2.45) is 5.73 Å². The van der Waals surface area contributed by atoms with Gasteiger partial charge in [0.1, 0.15) is 16.5 Å². The summed E-state index contributed by atoms with van der Waals surface area (Å²) >= 11 is 0. The van der Waals surface area contributed by atoms with Crippen molar-refractivity contribution >= 4 is 22.4 Å².